The van der Waals surface area contributed by atoms with Crippen molar-refractivity contribution >= 4 is 5.91 Å². The van der Waals surface area contributed by atoms with Crippen molar-refractivity contribution in [2.24, 2.45) is 0 Å². The van der Waals surface area contributed by atoms with E-state index < -0.39 is 0 Å². The molecule has 2 aliphatic heterocycles. The molecule has 1 amide bonds. The van der Waals surface area contributed by atoms with Gasteiger partial charge in [0.15, 0.2) is 0 Å². The summed E-state index contributed by atoms with van der Waals surface area (Å²) >= 11 is 0. The van der Waals surface area contributed by atoms with Gasteiger partial charge in [-0.05, 0) is 0 Å². The minimum Gasteiger partial charge on any atom is -0.383 e. The Labute approximate surface area is 121 Å². The lowest BCUT2D eigenvalue weighted by Gasteiger charge is -2.35. The first kappa shape index (κ1) is 15.7. The van der Waals surface area contributed by atoms with Crippen molar-refractivity contribution in [1.82, 2.24) is 14.7 Å². The lowest BCUT2D eigenvalue weighted by molar-refractivity contribution is -0.135. The normalized spacial score (nSPS) is 22.1. The van der Waals surface area contributed by atoms with Crippen LogP contribution in [0.4, 0.5) is 0 Å². The first-order chi connectivity index (χ1) is 9.79. The van der Waals surface area contributed by atoms with Crippen LogP contribution in [0.2, 0.25) is 0 Å². The Hall–Kier alpha value is -0.690. The van der Waals surface area contributed by atoms with Gasteiger partial charge in [0.2, 0.25) is 5.91 Å². The van der Waals surface area contributed by atoms with E-state index in [1.807, 2.05) is 4.90 Å². The molecule has 0 saturated carbocycles. The van der Waals surface area contributed by atoms with Crippen molar-refractivity contribution in [3.05, 3.63) is 0 Å². The molecule has 0 atom stereocenters. The van der Waals surface area contributed by atoms with E-state index in [4.69, 9.17) is 9.47 Å². The number of methoxy groups -OCH3 is 1. The average molecular weight is 285 g/mol. The van der Waals surface area contributed by atoms with Crippen LogP contribution < -0.4 is 0 Å². The maximum Gasteiger partial charge on any atom is 0.224 e. The molecule has 0 unspecified atom stereocenters. The molecule has 0 aromatic heterocycles. The summed E-state index contributed by atoms with van der Waals surface area (Å²) in [5.41, 5.74) is 0. The molecule has 0 aliphatic carbocycles. The smallest absolute Gasteiger partial charge is 0.224 e. The Bertz CT molecular complexity index is 287. The van der Waals surface area contributed by atoms with Crippen molar-refractivity contribution in [1.29, 1.82) is 0 Å². The monoisotopic (exact) mass is 285 g/mol. The molecule has 6 heteroatoms. The van der Waals surface area contributed by atoms with Gasteiger partial charge in [-0.25, -0.2) is 0 Å². The van der Waals surface area contributed by atoms with Crippen LogP contribution >= 0.6 is 0 Å². The molecule has 2 saturated heterocycles. The molecule has 0 radical (unpaired) electrons. The molecule has 6 nitrogen and oxygen atoms in total. The van der Waals surface area contributed by atoms with Gasteiger partial charge >= 0.3 is 0 Å². The van der Waals surface area contributed by atoms with Gasteiger partial charge in [-0.2, -0.15) is 0 Å². The summed E-state index contributed by atoms with van der Waals surface area (Å²) in [5, 5.41) is 0. The Morgan fingerprint density at radius 2 is 1.60 bits per heavy atom. The van der Waals surface area contributed by atoms with Gasteiger partial charge in [0.25, 0.3) is 0 Å². The molecular formula is C14H27N3O3. The number of hydrogen-bond acceptors (Lipinski definition) is 5. The van der Waals surface area contributed by atoms with Crippen LogP contribution in [0.3, 0.4) is 0 Å². The minimum absolute atomic E-state index is 0.273. The largest absolute Gasteiger partial charge is 0.383 e. The fourth-order valence-electron chi connectivity index (χ4n) is 2.68. The summed E-state index contributed by atoms with van der Waals surface area (Å²) in [6.45, 7) is 9.84. The van der Waals surface area contributed by atoms with Crippen LogP contribution in [0, 0.1) is 0 Å². The lowest BCUT2D eigenvalue weighted by Crippen LogP contribution is -2.48. The summed E-state index contributed by atoms with van der Waals surface area (Å²) in [6, 6.07) is 0. The van der Waals surface area contributed by atoms with E-state index in [2.05, 4.69) is 9.80 Å². The van der Waals surface area contributed by atoms with E-state index in [0.717, 1.165) is 59.0 Å². The number of rotatable bonds is 6. The Morgan fingerprint density at radius 1 is 1.00 bits per heavy atom. The van der Waals surface area contributed by atoms with Gasteiger partial charge < -0.3 is 19.3 Å². The number of piperazine rings is 1. The van der Waals surface area contributed by atoms with Crippen LogP contribution in [0.25, 0.3) is 0 Å². The fraction of sp³-hybridized carbons (Fsp3) is 0.929. The fourth-order valence-corrected chi connectivity index (χ4v) is 2.68. The molecule has 0 aromatic rings. The van der Waals surface area contributed by atoms with E-state index in [1.54, 1.807) is 7.11 Å². The number of ether oxygens (including phenoxy) is 2. The van der Waals surface area contributed by atoms with Gasteiger partial charge in [-0.15, -0.1) is 0 Å². The Kier molecular flexibility index (Phi) is 6.72. The molecule has 2 fully saturated rings. The maximum atomic E-state index is 12.1. The zero-order chi connectivity index (χ0) is 14.2. The number of nitrogens with zero attached hydrogens (tertiary/aromatic N) is 3. The molecule has 20 heavy (non-hydrogen) atoms. The molecule has 2 aliphatic rings. The first-order valence-electron chi connectivity index (χ1n) is 7.59. The third-order valence-corrected chi connectivity index (χ3v) is 4.08. The van der Waals surface area contributed by atoms with Gasteiger partial charge in [0, 0.05) is 65.9 Å². The lowest BCUT2D eigenvalue weighted by atomic mass is 10.2. The van der Waals surface area contributed by atoms with Gasteiger partial charge in [-0.1, -0.05) is 0 Å². The molecule has 0 N–H and O–H groups in total. The number of hydrogen-bond donors (Lipinski definition) is 0. The second-order valence-electron chi connectivity index (χ2n) is 5.42. The average Bonchev–Trinajstić information content (AvgIpc) is 2.52. The molecule has 0 spiro atoms. The van der Waals surface area contributed by atoms with Crippen molar-refractivity contribution in [2.75, 3.05) is 79.3 Å². The van der Waals surface area contributed by atoms with E-state index in [0.29, 0.717) is 19.6 Å². The zero-order valence-electron chi connectivity index (χ0n) is 12.6. The molecule has 2 heterocycles. The van der Waals surface area contributed by atoms with Crippen LogP contribution in [-0.4, -0.2) is 99.9 Å². The summed E-state index contributed by atoms with van der Waals surface area (Å²) in [6.07, 6.45) is 0.637. The summed E-state index contributed by atoms with van der Waals surface area (Å²) in [5.74, 6) is 0.273. The van der Waals surface area contributed by atoms with Crippen LogP contribution in [0.1, 0.15) is 6.42 Å². The third-order valence-electron chi connectivity index (χ3n) is 4.08. The summed E-state index contributed by atoms with van der Waals surface area (Å²) in [7, 11) is 1.74. The molecule has 0 aromatic carbocycles. The first-order valence-corrected chi connectivity index (χ1v) is 7.59. The number of carbonyl (C=O) groups is 1. The Morgan fingerprint density at radius 3 is 2.20 bits per heavy atom. The maximum absolute atomic E-state index is 12.1. The topological polar surface area (TPSA) is 45.2 Å². The van der Waals surface area contributed by atoms with Crippen molar-refractivity contribution < 1.29 is 14.3 Å². The zero-order valence-corrected chi connectivity index (χ0v) is 12.6. The highest BCUT2D eigenvalue weighted by molar-refractivity contribution is 5.76. The van der Waals surface area contributed by atoms with Gasteiger partial charge in [0.05, 0.1) is 19.8 Å². The van der Waals surface area contributed by atoms with E-state index in [1.165, 1.54) is 0 Å². The summed E-state index contributed by atoms with van der Waals surface area (Å²) in [4.78, 5) is 18.8. The van der Waals surface area contributed by atoms with Crippen molar-refractivity contribution in [3.63, 3.8) is 0 Å². The Balaban J connectivity index is 1.59. The van der Waals surface area contributed by atoms with Crippen molar-refractivity contribution in [3.8, 4) is 0 Å². The van der Waals surface area contributed by atoms with E-state index in [9.17, 15) is 4.79 Å². The predicted octanol–water partition coefficient (Wildman–Crippen LogP) is -0.501. The van der Waals surface area contributed by atoms with Gasteiger partial charge in [0.1, 0.15) is 0 Å². The van der Waals surface area contributed by atoms with Crippen molar-refractivity contribution in [2.45, 2.75) is 6.42 Å². The molecule has 0 bridgehead atoms. The van der Waals surface area contributed by atoms with Crippen LogP contribution in [0.5, 0.6) is 0 Å². The highest BCUT2D eigenvalue weighted by atomic mass is 16.5. The van der Waals surface area contributed by atoms with E-state index in [-0.39, 0.29) is 5.91 Å². The molecule has 2 rings (SSSR count). The highest BCUT2D eigenvalue weighted by Crippen LogP contribution is 2.05. The summed E-state index contributed by atoms with van der Waals surface area (Å²) < 4.78 is 10.4. The SMILES string of the molecule is COCCN1CCN(CCC(=O)N2CCOCC2)CC1. The van der Waals surface area contributed by atoms with Crippen LogP contribution in [0.15, 0.2) is 0 Å². The number of amides is 1. The standard InChI is InChI=1S/C14H27N3O3/c1-19-11-8-16-6-4-15(5-7-16)3-2-14(18)17-9-12-20-13-10-17/h2-13H2,1H3. The number of carbonyl (C=O) groups excluding carboxylic acids is 1. The second-order valence-corrected chi connectivity index (χ2v) is 5.42. The third kappa shape index (κ3) is 5.01. The van der Waals surface area contributed by atoms with E-state index >= 15 is 0 Å². The predicted molar refractivity (Wildman–Crippen MR) is 76.8 cm³/mol. The molecular weight excluding hydrogens is 258 g/mol. The molecule has 116 valence electrons. The van der Waals surface area contributed by atoms with Gasteiger partial charge in [-0.3, -0.25) is 9.69 Å². The highest BCUT2D eigenvalue weighted by Gasteiger charge is 2.20. The quantitative estimate of drug-likeness (QED) is 0.658. The second kappa shape index (κ2) is 8.56. The minimum atomic E-state index is 0.273. The van der Waals surface area contributed by atoms with Crippen LogP contribution in [-0.2, 0) is 14.3 Å². The number of morpholine rings is 1.